The molecule has 0 spiro atoms. The molecule has 0 saturated heterocycles. The van der Waals surface area contributed by atoms with Crippen LogP contribution in [0, 0.1) is 0 Å². The Morgan fingerprint density at radius 3 is 2.48 bits per heavy atom. The summed E-state index contributed by atoms with van der Waals surface area (Å²) in [6, 6.07) is 0.746. The van der Waals surface area contributed by atoms with E-state index in [1.165, 1.54) is 6.92 Å². The van der Waals surface area contributed by atoms with Crippen molar-refractivity contribution in [3.8, 4) is 0 Å². The molecule has 9 heteroatoms. The quantitative estimate of drug-likeness (QED) is 0.837. The SMILES string of the molecule is CCCC(C)(NC(=O)Cn1ccc(C(F)(F)F)n1)C(=O)O. The maximum absolute atomic E-state index is 12.4. The van der Waals surface area contributed by atoms with E-state index in [-0.39, 0.29) is 6.42 Å². The van der Waals surface area contributed by atoms with Gasteiger partial charge in [0.15, 0.2) is 5.69 Å². The van der Waals surface area contributed by atoms with Crippen molar-refractivity contribution in [2.75, 3.05) is 0 Å². The van der Waals surface area contributed by atoms with Gasteiger partial charge in [-0.3, -0.25) is 9.48 Å². The molecule has 1 heterocycles. The number of rotatable bonds is 6. The molecular formula is C12H16F3N3O3. The van der Waals surface area contributed by atoms with E-state index in [1.807, 2.05) is 0 Å². The van der Waals surface area contributed by atoms with Gasteiger partial charge >= 0.3 is 12.1 Å². The molecule has 1 unspecified atom stereocenters. The molecule has 1 amide bonds. The highest BCUT2D eigenvalue weighted by Crippen LogP contribution is 2.27. The van der Waals surface area contributed by atoms with Crippen molar-refractivity contribution < 1.29 is 27.9 Å². The van der Waals surface area contributed by atoms with Crippen LogP contribution >= 0.6 is 0 Å². The molecular weight excluding hydrogens is 291 g/mol. The van der Waals surface area contributed by atoms with E-state index in [9.17, 15) is 22.8 Å². The van der Waals surface area contributed by atoms with Gasteiger partial charge in [-0.1, -0.05) is 13.3 Å². The lowest BCUT2D eigenvalue weighted by molar-refractivity contribution is -0.147. The Balaban J connectivity index is 2.73. The molecule has 0 radical (unpaired) electrons. The molecule has 0 saturated carbocycles. The molecule has 6 nitrogen and oxygen atoms in total. The summed E-state index contributed by atoms with van der Waals surface area (Å²) in [5.41, 5.74) is -2.56. The first kappa shape index (κ1) is 17.0. The summed E-state index contributed by atoms with van der Waals surface area (Å²) in [5.74, 6) is -1.92. The molecule has 0 aromatic carbocycles. The van der Waals surface area contributed by atoms with E-state index in [0.717, 1.165) is 16.9 Å². The zero-order chi connectivity index (χ0) is 16.3. The van der Waals surface area contributed by atoms with E-state index < -0.39 is 35.8 Å². The van der Waals surface area contributed by atoms with E-state index in [0.29, 0.717) is 6.42 Å². The third-order valence-electron chi connectivity index (χ3n) is 2.87. The first-order valence-electron chi connectivity index (χ1n) is 6.23. The molecule has 1 atom stereocenters. The molecule has 0 bridgehead atoms. The predicted molar refractivity (Wildman–Crippen MR) is 66.3 cm³/mol. The number of hydrogen-bond acceptors (Lipinski definition) is 3. The fourth-order valence-electron chi connectivity index (χ4n) is 1.82. The van der Waals surface area contributed by atoms with E-state index in [2.05, 4.69) is 10.4 Å². The molecule has 0 fully saturated rings. The Bertz CT molecular complexity index is 527. The molecule has 1 aromatic heterocycles. The predicted octanol–water partition coefficient (Wildman–Crippen LogP) is 1.66. The van der Waals surface area contributed by atoms with Crippen LogP contribution < -0.4 is 5.32 Å². The summed E-state index contributed by atoms with van der Waals surface area (Å²) < 4.78 is 37.9. The van der Waals surface area contributed by atoms with Crippen LogP contribution in [0.3, 0.4) is 0 Å². The van der Waals surface area contributed by atoms with Crippen LogP contribution in [0.4, 0.5) is 13.2 Å². The average Bonchev–Trinajstić information content (AvgIpc) is 2.76. The van der Waals surface area contributed by atoms with E-state index in [4.69, 9.17) is 5.11 Å². The lowest BCUT2D eigenvalue weighted by atomic mass is 9.96. The standard InChI is InChI=1S/C12H16F3N3O3/c1-3-5-11(2,10(20)21)16-9(19)7-18-6-4-8(17-18)12(13,14)15/h4,6H,3,5,7H2,1-2H3,(H,16,19)(H,20,21). The Morgan fingerprint density at radius 1 is 1.43 bits per heavy atom. The fourth-order valence-corrected chi connectivity index (χ4v) is 1.82. The van der Waals surface area contributed by atoms with E-state index in [1.54, 1.807) is 6.92 Å². The summed E-state index contributed by atoms with van der Waals surface area (Å²) in [4.78, 5) is 22.9. The van der Waals surface area contributed by atoms with Gasteiger partial charge in [0.25, 0.3) is 0 Å². The highest BCUT2D eigenvalue weighted by atomic mass is 19.4. The normalized spacial score (nSPS) is 14.5. The Labute approximate surface area is 118 Å². The summed E-state index contributed by atoms with van der Waals surface area (Å²) in [7, 11) is 0. The van der Waals surface area contributed by atoms with Crippen molar-refractivity contribution in [1.82, 2.24) is 15.1 Å². The van der Waals surface area contributed by atoms with Gasteiger partial charge < -0.3 is 10.4 Å². The molecule has 21 heavy (non-hydrogen) atoms. The number of aromatic nitrogens is 2. The number of halogens is 3. The molecule has 2 N–H and O–H groups in total. The third kappa shape index (κ3) is 4.47. The number of amides is 1. The number of nitrogens with one attached hydrogen (secondary N) is 1. The van der Waals surface area contributed by atoms with Crippen molar-refractivity contribution in [3.63, 3.8) is 0 Å². The van der Waals surface area contributed by atoms with Crippen LogP contribution in [0.15, 0.2) is 12.3 Å². The third-order valence-corrected chi connectivity index (χ3v) is 2.87. The van der Waals surface area contributed by atoms with Crippen molar-refractivity contribution in [2.24, 2.45) is 0 Å². The molecule has 0 aliphatic heterocycles. The second-order valence-corrected chi connectivity index (χ2v) is 4.83. The first-order valence-corrected chi connectivity index (χ1v) is 6.23. The second-order valence-electron chi connectivity index (χ2n) is 4.83. The van der Waals surface area contributed by atoms with Gasteiger partial charge in [-0.15, -0.1) is 0 Å². The number of hydrogen-bond donors (Lipinski definition) is 2. The summed E-state index contributed by atoms with van der Waals surface area (Å²) in [5, 5.41) is 14.6. The lowest BCUT2D eigenvalue weighted by Crippen LogP contribution is -2.53. The van der Waals surface area contributed by atoms with Gasteiger partial charge in [-0.25, -0.2) is 4.79 Å². The zero-order valence-corrected chi connectivity index (χ0v) is 11.6. The smallest absolute Gasteiger partial charge is 0.435 e. The summed E-state index contributed by atoms with van der Waals surface area (Å²) in [6.07, 6.45) is -2.83. The minimum Gasteiger partial charge on any atom is -0.480 e. The van der Waals surface area contributed by atoms with Crippen LogP contribution in [0.2, 0.25) is 0 Å². The minimum atomic E-state index is -4.58. The van der Waals surface area contributed by atoms with Crippen molar-refractivity contribution in [3.05, 3.63) is 18.0 Å². The number of carboxylic acids is 1. The van der Waals surface area contributed by atoms with E-state index >= 15 is 0 Å². The van der Waals surface area contributed by atoms with Gasteiger partial charge in [0, 0.05) is 6.20 Å². The highest BCUT2D eigenvalue weighted by molar-refractivity contribution is 5.86. The minimum absolute atomic E-state index is 0.209. The van der Waals surface area contributed by atoms with Gasteiger partial charge in [-0.05, 0) is 19.4 Å². The second kappa shape index (κ2) is 6.15. The Kier molecular flexibility index (Phi) is 4.97. The number of carbonyl (C=O) groups excluding carboxylic acids is 1. The van der Waals surface area contributed by atoms with Crippen molar-refractivity contribution in [2.45, 2.75) is 44.9 Å². The number of alkyl halides is 3. The molecule has 0 aliphatic rings. The van der Waals surface area contributed by atoms with Crippen molar-refractivity contribution >= 4 is 11.9 Å². The maximum atomic E-state index is 12.4. The van der Waals surface area contributed by atoms with Gasteiger partial charge in [0.2, 0.25) is 5.91 Å². The Morgan fingerprint density at radius 2 is 2.05 bits per heavy atom. The topological polar surface area (TPSA) is 84.2 Å². The molecule has 118 valence electrons. The number of carbonyl (C=O) groups is 2. The molecule has 1 aromatic rings. The zero-order valence-electron chi connectivity index (χ0n) is 11.6. The number of carboxylic acid groups (broad SMARTS) is 1. The van der Waals surface area contributed by atoms with Crippen LogP contribution in [0.25, 0.3) is 0 Å². The summed E-state index contributed by atoms with van der Waals surface area (Å²) >= 11 is 0. The van der Waals surface area contributed by atoms with Gasteiger partial charge in [0.05, 0.1) is 0 Å². The van der Waals surface area contributed by atoms with Gasteiger partial charge in [-0.2, -0.15) is 18.3 Å². The lowest BCUT2D eigenvalue weighted by Gasteiger charge is -2.25. The van der Waals surface area contributed by atoms with Crippen LogP contribution in [0.5, 0.6) is 0 Å². The monoisotopic (exact) mass is 307 g/mol. The van der Waals surface area contributed by atoms with Crippen LogP contribution in [0.1, 0.15) is 32.4 Å². The molecule has 0 aliphatic carbocycles. The first-order chi connectivity index (χ1) is 9.58. The van der Waals surface area contributed by atoms with Crippen molar-refractivity contribution in [1.29, 1.82) is 0 Å². The number of aliphatic carboxylic acids is 1. The Hall–Kier alpha value is -2.06. The summed E-state index contributed by atoms with van der Waals surface area (Å²) in [6.45, 7) is 2.63. The molecule has 1 rings (SSSR count). The fraction of sp³-hybridized carbons (Fsp3) is 0.583. The maximum Gasteiger partial charge on any atom is 0.435 e. The van der Waals surface area contributed by atoms with Crippen LogP contribution in [-0.4, -0.2) is 32.3 Å². The van der Waals surface area contributed by atoms with Crippen LogP contribution in [-0.2, 0) is 22.3 Å². The highest BCUT2D eigenvalue weighted by Gasteiger charge is 2.35. The largest absolute Gasteiger partial charge is 0.480 e. The number of nitrogens with zero attached hydrogens (tertiary/aromatic N) is 2. The average molecular weight is 307 g/mol. The van der Waals surface area contributed by atoms with Gasteiger partial charge in [0.1, 0.15) is 12.1 Å².